The van der Waals surface area contributed by atoms with Crippen LogP contribution in [-0.2, 0) is 23.8 Å². The van der Waals surface area contributed by atoms with Crippen molar-refractivity contribution < 1.29 is 23.8 Å². The van der Waals surface area contributed by atoms with Crippen molar-refractivity contribution in [2.75, 3.05) is 33.0 Å². The molecule has 6 nitrogen and oxygen atoms in total. The van der Waals surface area contributed by atoms with Crippen LogP contribution in [0, 0.1) is 5.92 Å². The first-order valence-electron chi connectivity index (χ1n) is 8.10. The third kappa shape index (κ3) is 12.6. The summed E-state index contributed by atoms with van der Waals surface area (Å²) in [7, 11) is 0. The summed E-state index contributed by atoms with van der Waals surface area (Å²) in [6.07, 6.45) is 1.99. The molecule has 0 fully saturated rings. The summed E-state index contributed by atoms with van der Waals surface area (Å²) in [6, 6.07) is 0. The Labute approximate surface area is 133 Å². The van der Waals surface area contributed by atoms with E-state index in [4.69, 9.17) is 14.2 Å². The smallest absolute Gasteiger partial charge is 0.335 e. The fourth-order valence-corrected chi connectivity index (χ4v) is 1.55. The number of esters is 1. The Hall–Kier alpha value is -1.14. The van der Waals surface area contributed by atoms with E-state index in [-0.39, 0.29) is 12.5 Å². The molecule has 0 rings (SSSR count). The molecule has 0 radical (unpaired) electrons. The molecule has 0 heterocycles. The largest absolute Gasteiger partial charge is 0.454 e. The van der Waals surface area contributed by atoms with E-state index in [1.807, 2.05) is 6.92 Å². The Bertz CT molecular complexity index is 307. The molecule has 1 N–H and O–H groups in total. The molecular formula is C16H31NO5. The van der Waals surface area contributed by atoms with Gasteiger partial charge in [-0.2, -0.15) is 0 Å². The van der Waals surface area contributed by atoms with Gasteiger partial charge in [0.2, 0.25) is 0 Å². The Morgan fingerprint density at radius 3 is 2.45 bits per heavy atom. The van der Waals surface area contributed by atoms with Crippen molar-refractivity contribution in [2.45, 2.75) is 53.1 Å². The number of carbonyl (C=O) groups is 2. The second-order valence-electron chi connectivity index (χ2n) is 5.56. The second-order valence-corrected chi connectivity index (χ2v) is 5.56. The lowest BCUT2D eigenvalue weighted by atomic mass is 10.1. The number of hydrogen-bond acceptors (Lipinski definition) is 5. The Balaban J connectivity index is 3.61. The summed E-state index contributed by atoms with van der Waals surface area (Å²) >= 11 is 0. The van der Waals surface area contributed by atoms with E-state index in [9.17, 15) is 9.59 Å². The third-order valence-electron chi connectivity index (χ3n) is 2.98. The third-order valence-corrected chi connectivity index (χ3v) is 2.98. The molecule has 0 aliphatic carbocycles. The number of rotatable bonds is 13. The zero-order valence-electron chi connectivity index (χ0n) is 14.4. The SMILES string of the molecule is CCOCCCCNC(=O)COC(=O)C(C)OCCC(C)C. The monoisotopic (exact) mass is 317 g/mol. The van der Waals surface area contributed by atoms with Crippen molar-refractivity contribution in [1.29, 1.82) is 0 Å². The van der Waals surface area contributed by atoms with Crippen molar-refractivity contribution in [1.82, 2.24) is 5.32 Å². The summed E-state index contributed by atoms with van der Waals surface area (Å²) in [5.41, 5.74) is 0. The number of unbranched alkanes of at least 4 members (excludes halogenated alkanes) is 1. The van der Waals surface area contributed by atoms with E-state index in [1.165, 1.54) is 0 Å². The van der Waals surface area contributed by atoms with E-state index in [0.717, 1.165) is 19.3 Å². The van der Waals surface area contributed by atoms with Crippen LogP contribution in [0.1, 0.15) is 47.0 Å². The van der Waals surface area contributed by atoms with Gasteiger partial charge in [0.15, 0.2) is 12.7 Å². The molecule has 1 atom stereocenters. The van der Waals surface area contributed by atoms with E-state index < -0.39 is 12.1 Å². The van der Waals surface area contributed by atoms with Gasteiger partial charge in [-0.05, 0) is 39.0 Å². The predicted molar refractivity (Wildman–Crippen MR) is 84.6 cm³/mol. The average Bonchev–Trinajstić information content (AvgIpc) is 2.47. The van der Waals surface area contributed by atoms with Crippen LogP contribution in [0.25, 0.3) is 0 Å². The van der Waals surface area contributed by atoms with E-state index in [0.29, 0.717) is 32.3 Å². The van der Waals surface area contributed by atoms with E-state index in [2.05, 4.69) is 19.2 Å². The number of hydrogen-bond donors (Lipinski definition) is 1. The standard InChI is InChI=1S/C16H31NO5/c1-5-20-10-7-6-9-17-15(18)12-22-16(19)14(4)21-11-8-13(2)3/h13-14H,5-12H2,1-4H3,(H,17,18). The first-order valence-corrected chi connectivity index (χ1v) is 8.10. The van der Waals surface area contributed by atoms with Crippen LogP contribution in [0.15, 0.2) is 0 Å². The lowest BCUT2D eigenvalue weighted by Crippen LogP contribution is -2.32. The van der Waals surface area contributed by atoms with Gasteiger partial charge in [-0.3, -0.25) is 4.79 Å². The van der Waals surface area contributed by atoms with Crippen LogP contribution in [-0.4, -0.2) is 51.0 Å². The van der Waals surface area contributed by atoms with Gasteiger partial charge in [0, 0.05) is 26.4 Å². The summed E-state index contributed by atoms with van der Waals surface area (Å²) < 4.78 is 15.5. The van der Waals surface area contributed by atoms with Gasteiger partial charge < -0.3 is 19.5 Å². The molecule has 0 saturated heterocycles. The Morgan fingerprint density at radius 2 is 1.82 bits per heavy atom. The minimum Gasteiger partial charge on any atom is -0.454 e. The minimum absolute atomic E-state index is 0.262. The molecule has 0 spiro atoms. The molecule has 0 saturated carbocycles. The van der Waals surface area contributed by atoms with Crippen molar-refractivity contribution in [3.8, 4) is 0 Å². The Kier molecular flexibility index (Phi) is 12.8. The van der Waals surface area contributed by atoms with Crippen LogP contribution in [0.5, 0.6) is 0 Å². The maximum Gasteiger partial charge on any atom is 0.335 e. The van der Waals surface area contributed by atoms with Gasteiger partial charge in [0.1, 0.15) is 0 Å². The first kappa shape index (κ1) is 20.9. The quantitative estimate of drug-likeness (QED) is 0.415. The van der Waals surface area contributed by atoms with Gasteiger partial charge in [0.25, 0.3) is 5.91 Å². The van der Waals surface area contributed by atoms with Crippen LogP contribution >= 0.6 is 0 Å². The molecule has 0 aliphatic heterocycles. The topological polar surface area (TPSA) is 73.9 Å². The molecule has 0 bridgehead atoms. The highest BCUT2D eigenvalue weighted by atomic mass is 16.6. The lowest BCUT2D eigenvalue weighted by molar-refractivity contribution is -0.159. The molecule has 22 heavy (non-hydrogen) atoms. The fourth-order valence-electron chi connectivity index (χ4n) is 1.55. The predicted octanol–water partition coefficient (Wildman–Crippen LogP) is 1.91. The van der Waals surface area contributed by atoms with Crippen molar-refractivity contribution in [3.63, 3.8) is 0 Å². The van der Waals surface area contributed by atoms with Gasteiger partial charge in [-0.25, -0.2) is 4.79 Å². The van der Waals surface area contributed by atoms with Gasteiger partial charge >= 0.3 is 5.97 Å². The van der Waals surface area contributed by atoms with Gasteiger partial charge in [-0.1, -0.05) is 13.8 Å². The highest BCUT2D eigenvalue weighted by molar-refractivity contribution is 5.81. The average molecular weight is 317 g/mol. The minimum atomic E-state index is -0.641. The summed E-state index contributed by atoms with van der Waals surface area (Å²) in [5.74, 6) is -0.272. The molecule has 1 unspecified atom stereocenters. The van der Waals surface area contributed by atoms with Crippen LogP contribution in [0.2, 0.25) is 0 Å². The van der Waals surface area contributed by atoms with Crippen molar-refractivity contribution in [2.24, 2.45) is 5.92 Å². The molecule has 0 aliphatic rings. The maximum atomic E-state index is 11.6. The molecule has 0 aromatic heterocycles. The van der Waals surface area contributed by atoms with Crippen LogP contribution in [0.3, 0.4) is 0 Å². The van der Waals surface area contributed by atoms with Crippen LogP contribution in [0.4, 0.5) is 0 Å². The number of nitrogens with one attached hydrogen (secondary N) is 1. The molecule has 0 aromatic rings. The zero-order chi connectivity index (χ0) is 16.8. The molecule has 0 aromatic carbocycles. The summed E-state index contributed by atoms with van der Waals surface area (Å²) in [4.78, 5) is 23.1. The zero-order valence-corrected chi connectivity index (χ0v) is 14.4. The number of ether oxygens (including phenoxy) is 3. The van der Waals surface area contributed by atoms with Gasteiger partial charge in [0.05, 0.1) is 0 Å². The highest BCUT2D eigenvalue weighted by Crippen LogP contribution is 2.02. The normalized spacial score (nSPS) is 12.2. The van der Waals surface area contributed by atoms with Crippen molar-refractivity contribution in [3.05, 3.63) is 0 Å². The molecule has 130 valence electrons. The Morgan fingerprint density at radius 1 is 1.09 bits per heavy atom. The van der Waals surface area contributed by atoms with Gasteiger partial charge in [-0.15, -0.1) is 0 Å². The summed E-state index contributed by atoms with van der Waals surface area (Å²) in [6.45, 7) is 9.98. The highest BCUT2D eigenvalue weighted by Gasteiger charge is 2.16. The van der Waals surface area contributed by atoms with E-state index in [1.54, 1.807) is 6.92 Å². The molecule has 6 heteroatoms. The summed E-state index contributed by atoms with van der Waals surface area (Å²) in [5, 5.41) is 2.70. The number of amides is 1. The molecular weight excluding hydrogens is 286 g/mol. The number of carbonyl (C=O) groups excluding carboxylic acids is 2. The fraction of sp³-hybridized carbons (Fsp3) is 0.875. The maximum absolute atomic E-state index is 11.6. The van der Waals surface area contributed by atoms with Crippen molar-refractivity contribution >= 4 is 11.9 Å². The van der Waals surface area contributed by atoms with E-state index >= 15 is 0 Å². The molecule has 1 amide bonds. The second kappa shape index (κ2) is 13.5. The first-order chi connectivity index (χ1) is 10.5. The lowest BCUT2D eigenvalue weighted by Gasteiger charge is -2.13. The van der Waals surface area contributed by atoms with Crippen LogP contribution < -0.4 is 5.32 Å².